The lowest BCUT2D eigenvalue weighted by atomic mass is 10.1. The lowest BCUT2D eigenvalue weighted by molar-refractivity contribution is 0.460. The lowest BCUT2D eigenvalue weighted by Gasteiger charge is -2.13. The van der Waals surface area contributed by atoms with Crippen LogP contribution in [0.4, 0.5) is 4.39 Å². The summed E-state index contributed by atoms with van der Waals surface area (Å²) in [4.78, 5) is 0. The molecule has 0 spiro atoms. The number of ether oxygens (including phenoxy) is 1. The van der Waals surface area contributed by atoms with E-state index in [4.69, 9.17) is 10.5 Å². The molecule has 0 radical (unpaired) electrons. The molecule has 1 heterocycles. The van der Waals surface area contributed by atoms with Crippen LogP contribution >= 0.6 is 0 Å². The fourth-order valence-corrected chi connectivity index (χ4v) is 1.75. The van der Waals surface area contributed by atoms with Gasteiger partial charge in [0.1, 0.15) is 11.6 Å². The molecule has 0 saturated heterocycles. The molecule has 5 heteroatoms. The minimum Gasteiger partial charge on any atom is -0.454 e. The highest BCUT2D eigenvalue weighted by Gasteiger charge is 2.14. The van der Waals surface area contributed by atoms with E-state index >= 15 is 0 Å². The van der Waals surface area contributed by atoms with Crippen molar-refractivity contribution in [3.8, 4) is 11.5 Å². The Morgan fingerprint density at radius 1 is 1.50 bits per heavy atom. The van der Waals surface area contributed by atoms with Gasteiger partial charge in [0, 0.05) is 18.2 Å². The summed E-state index contributed by atoms with van der Waals surface area (Å²) in [5.41, 5.74) is 6.14. The third kappa shape index (κ3) is 2.51. The quantitative estimate of drug-likeness (QED) is 0.906. The molecular weight excluding hydrogens is 233 g/mol. The molecule has 96 valence electrons. The van der Waals surface area contributed by atoms with Crippen LogP contribution in [0.25, 0.3) is 0 Å². The first-order valence-electron chi connectivity index (χ1n) is 5.86. The summed E-state index contributed by atoms with van der Waals surface area (Å²) in [5.74, 6) is 0.649. The second-order valence-corrected chi connectivity index (χ2v) is 4.07. The molecular formula is C13H16FN3O. The fraction of sp³-hybridized carbons (Fsp3) is 0.308. The highest BCUT2D eigenvalue weighted by molar-refractivity contribution is 5.39. The second kappa shape index (κ2) is 5.18. The SMILES string of the molecule is CCn1cc(Oc2cccc(F)c2C(C)N)cn1. The Bertz CT molecular complexity index is 537. The molecule has 0 saturated carbocycles. The van der Waals surface area contributed by atoms with Gasteiger partial charge >= 0.3 is 0 Å². The molecule has 2 aromatic rings. The van der Waals surface area contributed by atoms with Gasteiger partial charge in [0.2, 0.25) is 0 Å². The molecule has 4 nitrogen and oxygen atoms in total. The third-order valence-electron chi connectivity index (χ3n) is 2.63. The highest BCUT2D eigenvalue weighted by Crippen LogP contribution is 2.30. The van der Waals surface area contributed by atoms with Crippen molar-refractivity contribution >= 4 is 0 Å². The van der Waals surface area contributed by atoms with Crippen molar-refractivity contribution in [3.05, 3.63) is 42.0 Å². The van der Waals surface area contributed by atoms with E-state index in [-0.39, 0.29) is 5.82 Å². The first-order valence-corrected chi connectivity index (χ1v) is 5.86. The fourth-order valence-electron chi connectivity index (χ4n) is 1.75. The van der Waals surface area contributed by atoms with Crippen molar-refractivity contribution in [1.29, 1.82) is 0 Å². The van der Waals surface area contributed by atoms with Gasteiger partial charge in [-0.2, -0.15) is 5.10 Å². The Morgan fingerprint density at radius 3 is 2.89 bits per heavy atom. The molecule has 0 amide bonds. The maximum absolute atomic E-state index is 13.7. The van der Waals surface area contributed by atoms with Crippen LogP contribution in [0.1, 0.15) is 25.5 Å². The summed E-state index contributed by atoms with van der Waals surface area (Å²) in [6, 6.07) is 4.25. The second-order valence-electron chi connectivity index (χ2n) is 4.07. The van der Waals surface area contributed by atoms with E-state index in [0.717, 1.165) is 6.54 Å². The Morgan fingerprint density at radius 2 is 2.28 bits per heavy atom. The molecule has 1 aromatic heterocycles. The summed E-state index contributed by atoms with van der Waals surface area (Å²) < 4.78 is 21.1. The van der Waals surface area contributed by atoms with Gasteiger partial charge in [0.05, 0.1) is 12.4 Å². The number of hydrogen-bond acceptors (Lipinski definition) is 3. The molecule has 0 aliphatic rings. The largest absolute Gasteiger partial charge is 0.454 e. The third-order valence-corrected chi connectivity index (χ3v) is 2.63. The lowest BCUT2D eigenvalue weighted by Crippen LogP contribution is -2.09. The van der Waals surface area contributed by atoms with E-state index in [9.17, 15) is 4.39 Å². The van der Waals surface area contributed by atoms with Gasteiger partial charge < -0.3 is 10.5 Å². The monoisotopic (exact) mass is 249 g/mol. The van der Waals surface area contributed by atoms with Gasteiger partial charge in [-0.3, -0.25) is 4.68 Å². The number of halogens is 1. The summed E-state index contributed by atoms with van der Waals surface area (Å²) in [5, 5.41) is 4.09. The zero-order valence-corrected chi connectivity index (χ0v) is 10.4. The smallest absolute Gasteiger partial charge is 0.165 e. The molecule has 1 aromatic carbocycles. The van der Waals surface area contributed by atoms with E-state index in [1.165, 1.54) is 6.07 Å². The first kappa shape index (κ1) is 12.6. The van der Waals surface area contributed by atoms with E-state index in [1.807, 2.05) is 6.92 Å². The zero-order chi connectivity index (χ0) is 13.1. The Labute approximate surface area is 105 Å². The summed E-state index contributed by atoms with van der Waals surface area (Å²) in [7, 11) is 0. The van der Waals surface area contributed by atoms with Gasteiger partial charge in [-0.05, 0) is 26.0 Å². The average molecular weight is 249 g/mol. The van der Waals surface area contributed by atoms with E-state index < -0.39 is 6.04 Å². The predicted octanol–water partition coefficient (Wildman–Crippen LogP) is 2.85. The standard InChI is InChI=1S/C13H16FN3O/c1-3-17-8-10(7-16-17)18-12-6-4-5-11(14)13(12)9(2)15/h4-9H,3,15H2,1-2H3. The molecule has 18 heavy (non-hydrogen) atoms. The summed E-state index contributed by atoms with van der Waals surface area (Å²) in [6.07, 6.45) is 3.36. The predicted molar refractivity (Wildman–Crippen MR) is 67.0 cm³/mol. The van der Waals surface area contributed by atoms with Crippen LogP contribution in [0, 0.1) is 5.82 Å². The van der Waals surface area contributed by atoms with Crippen LogP contribution in [0.3, 0.4) is 0 Å². The van der Waals surface area contributed by atoms with Crippen LogP contribution in [0.2, 0.25) is 0 Å². The van der Waals surface area contributed by atoms with Gasteiger partial charge in [-0.15, -0.1) is 0 Å². The number of nitrogens with two attached hydrogens (primary N) is 1. The van der Waals surface area contributed by atoms with Crippen LogP contribution in [-0.4, -0.2) is 9.78 Å². The van der Waals surface area contributed by atoms with Gasteiger partial charge in [-0.25, -0.2) is 4.39 Å². The number of benzene rings is 1. The minimum atomic E-state index is -0.428. The maximum atomic E-state index is 13.7. The molecule has 0 aliphatic carbocycles. The molecule has 2 rings (SSSR count). The number of aromatic nitrogens is 2. The topological polar surface area (TPSA) is 53.1 Å². The molecule has 0 bridgehead atoms. The van der Waals surface area contributed by atoms with Crippen molar-refractivity contribution in [2.45, 2.75) is 26.4 Å². The van der Waals surface area contributed by atoms with Crippen LogP contribution in [0.5, 0.6) is 11.5 Å². The Hall–Kier alpha value is -1.88. The minimum absolute atomic E-state index is 0.356. The van der Waals surface area contributed by atoms with Crippen LogP contribution < -0.4 is 10.5 Å². The van der Waals surface area contributed by atoms with Crippen molar-refractivity contribution in [3.63, 3.8) is 0 Å². The van der Waals surface area contributed by atoms with Gasteiger partial charge in [0.25, 0.3) is 0 Å². The van der Waals surface area contributed by atoms with Crippen LogP contribution in [-0.2, 0) is 6.54 Å². The van der Waals surface area contributed by atoms with E-state index in [2.05, 4.69) is 5.10 Å². The van der Waals surface area contributed by atoms with Crippen molar-refractivity contribution < 1.29 is 9.13 Å². The number of rotatable bonds is 4. The molecule has 0 aliphatic heterocycles. The van der Waals surface area contributed by atoms with Gasteiger partial charge in [-0.1, -0.05) is 6.07 Å². The summed E-state index contributed by atoms with van der Waals surface area (Å²) >= 11 is 0. The molecule has 2 N–H and O–H groups in total. The maximum Gasteiger partial charge on any atom is 0.165 e. The van der Waals surface area contributed by atoms with E-state index in [1.54, 1.807) is 36.1 Å². The molecule has 0 fully saturated rings. The highest BCUT2D eigenvalue weighted by atomic mass is 19.1. The molecule has 1 unspecified atom stereocenters. The van der Waals surface area contributed by atoms with Crippen molar-refractivity contribution in [1.82, 2.24) is 9.78 Å². The van der Waals surface area contributed by atoms with Crippen molar-refractivity contribution in [2.24, 2.45) is 5.73 Å². The van der Waals surface area contributed by atoms with Crippen LogP contribution in [0.15, 0.2) is 30.6 Å². The summed E-state index contributed by atoms with van der Waals surface area (Å²) in [6.45, 7) is 4.46. The normalized spacial score (nSPS) is 12.4. The van der Waals surface area contributed by atoms with E-state index in [0.29, 0.717) is 17.1 Å². The number of nitrogens with zero attached hydrogens (tertiary/aromatic N) is 2. The number of hydrogen-bond donors (Lipinski definition) is 1. The first-order chi connectivity index (χ1) is 8.61. The van der Waals surface area contributed by atoms with Crippen molar-refractivity contribution in [2.75, 3.05) is 0 Å². The Balaban J connectivity index is 2.31. The zero-order valence-electron chi connectivity index (χ0n) is 10.4. The van der Waals surface area contributed by atoms with Gasteiger partial charge in [0.15, 0.2) is 5.75 Å². The number of aryl methyl sites for hydroxylation is 1. The molecule has 1 atom stereocenters. The average Bonchev–Trinajstić information content (AvgIpc) is 2.76. The Kier molecular flexibility index (Phi) is 3.62.